The monoisotopic (exact) mass is 293 g/mol. The van der Waals surface area contributed by atoms with Gasteiger partial charge in [-0.15, -0.1) is 11.3 Å². The van der Waals surface area contributed by atoms with E-state index < -0.39 is 16.6 Å². The predicted molar refractivity (Wildman–Crippen MR) is 74.9 cm³/mol. The van der Waals surface area contributed by atoms with Gasteiger partial charge in [0.2, 0.25) is 0 Å². The third-order valence-electron chi connectivity index (χ3n) is 2.70. The fourth-order valence-corrected chi connectivity index (χ4v) is 2.43. The number of hydrogen-bond donors (Lipinski definition) is 2. The van der Waals surface area contributed by atoms with Crippen molar-refractivity contribution in [2.75, 3.05) is 5.32 Å². The molecule has 20 heavy (non-hydrogen) atoms. The fourth-order valence-electron chi connectivity index (χ4n) is 1.59. The molecule has 0 bridgehead atoms. The number of nitrogens with one attached hydrogen (secondary N) is 1. The van der Waals surface area contributed by atoms with Crippen LogP contribution in [0, 0.1) is 24.0 Å². The number of aromatic carboxylic acids is 1. The van der Waals surface area contributed by atoms with Crippen molar-refractivity contribution in [2.24, 2.45) is 0 Å². The topological polar surface area (TPSA) is 105 Å². The zero-order chi connectivity index (χ0) is 14.9. The van der Waals surface area contributed by atoms with E-state index in [9.17, 15) is 14.9 Å². The number of nitrogens with zero attached hydrogens (tertiary/aromatic N) is 2. The Labute approximate surface area is 118 Å². The Kier molecular flexibility index (Phi) is 3.66. The van der Waals surface area contributed by atoms with Crippen LogP contribution in [0.2, 0.25) is 0 Å². The van der Waals surface area contributed by atoms with Gasteiger partial charge in [-0.2, -0.15) is 0 Å². The number of carbonyl (C=O) groups is 1. The van der Waals surface area contributed by atoms with Crippen LogP contribution in [0.15, 0.2) is 18.2 Å². The fraction of sp³-hybridized carbons (Fsp3) is 0.167. The molecule has 1 aromatic carbocycles. The molecule has 0 fully saturated rings. The van der Waals surface area contributed by atoms with Gasteiger partial charge in [-0.05, 0) is 26.0 Å². The molecule has 0 unspecified atom stereocenters. The minimum absolute atomic E-state index is 0.341. The second-order valence-electron chi connectivity index (χ2n) is 4.08. The van der Waals surface area contributed by atoms with Crippen molar-refractivity contribution >= 4 is 33.8 Å². The smallest absolute Gasteiger partial charge is 0.342 e. The van der Waals surface area contributed by atoms with Gasteiger partial charge in [0.15, 0.2) is 5.13 Å². The predicted octanol–water partition coefficient (Wildman–Crippen LogP) is 3.11. The van der Waals surface area contributed by atoms with E-state index in [1.165, 1.54) is 29.5 Å². The van der Waals surface area contributed by atoms with Gasteiger partial charge in [0, 0.05) is 16.6 Å². The maximum atomic E-state index is 10.9. The number of nitro groups is 1. The molecule has 0 aliphatic heterocycles. The first-order valence-electron chi connectivity index (χ1n) is 5.61. The molecule has 0 aliphatic rings. The summed E-state index contributed by atoms with van der Waals surface area (Å²) in [4.78, 5) is 26.4. The van der Waals surface area contributed by atoms with Crippen LogP contribution in [0.4, 0.5) is 16.5 Å². The summed E-state index contributed by atoms with van der Waals surface area (Å²) >= 11 is 1.43. The van der Waals surface area contributed by atoms with Crippen molar-refractivity contribution in [3.63, 3.8) is 0 Å². The second kappa shape index (κ2) is 5.25. The molecule has 8 heteroatoms. The number of hydrogen-bond acceptors (Lipinski definition) is 6. The first-order valence-corrected chi connectivity index (χ1v) is 6.43. The molecule has 0 aliphatic carbocycles. The van der Waals surface area contributed by atoms with Crippen molar-refractivity contribution in [3.05, 3.63) is 44.4 Å². The summed E-state index contributed by atoms with van der Waals surface area (Å²) in [5.41, 5.74) is 0.518. The van der Waals surface area contributed by atoms with E-state index in [-0.39, 0.29) is 5.56 Å². The Morgan fingerprint density at radius 2 is 2.15 bits per heavy atom. The number of nitro benzene ring substituents is 1. The molecular formula is C12H11N3O4S. The summed E-state index contributed by atoms with van der Waals surface area (Å²) in [7, 11) is 0. The summed E-state index contributed by atoms with van der Waals surface area (Å²) in [6, 6.07) is 3.87. The third kappa shape index (κ3) is 2.75. The molecule has 7 nitrogen and oxygen atoms in total. The molecule has 2 rings (SSSR count). The molecule has 0 atom stereocenters. The van der Waals surface area contributed by atoms with Gasteiger partial charge in [-0.3, -0.25) is 10.1 Å². The molecule has 2 N–H and O–H groups in total. The van der Waals surface area contributed by atoms with Crippen molar-refractivity contribution in [2.45, 2.75) is 13.8 Å². The highest BCUT2D eigenvalue weighted by Gasteiger charge is 2.20. The van der Waals surface area contributed by atoms with Crippen LogP contribution in [0.25, 0.3) is 0 Å². The molecule has 0 spiro atoms. The quantitative estimate of drug-likeness (QED) is 0.662. The van der Waals surface area contributed by atoms with Gasteiger partial charge in [-0.25, -0.2) is 9.78 Å². The van der Waals surface area contributed by atoms with Crippen LogP contribution in [0.1, 0.15) is 20.9 Å². The van der Waals surface area contributed by atoms with Crippen molar-refractivity contribution in [3.8, 4) is 0 Å². The number of rotatable bonds is 4. The van der Waals surface area contributed by atoms with Gasteiger partial charge in [-0.1, -0.05) is 0 Å². The number of aromatic nitrogens is 1. The number of aryl methyl sites for hydroxylation is 2. The number of thiazole rings is 1. The highest BCUT2D eigenvalue weighted by atomic mass is 32.1. The van der Waals surface area contributed by atoms with E-state index in [4.69, 9.17) is 5.11 Å². The van der Waals surface area contributed by atoms with Crippen LogP contribution < -0.4 is 5.32 Å². The lowest BCUT2D eigenvalue weighted by Crippen LogP contribution is -2.03. The van der Waals surface area contributed by atoms with Gasteiger partial charge >= 0.3 is 5.97 Å². The van der Waals surface area contributed by atoms with Gasteiger partial charge in [0.25, 0.3) is 5.69 Å². The second-order valence-corrected chi connectivity index (χ2v) is 5.28. The Hall–Kier alpha value is -2.48. The summed E-state index contributed by atoms with van der Waals surface area (Å²) in [5.74, 6) is -1.33. The van der Waals surface area contributed by atoms with Gasteiger partial charge < -0.3 is 10.4 Å². The number of carboxylic acid groups (broad SMARTS) is 1. The summed E-state index contributed by atoms with van der Waals surface area (Å²) < 4.78 is 0. The van der Waals surface area contributed by atoms with Crippen molar-refractivity contribution in [1.29, 1.82) is 0 Å². The average Bonchev–Trinajstić information content (AvgIpc) is 2.67. The number of carboxylic acids is 1. The van der Waals surface area contributed by atoms with Crippen molar-refractivity contribution < 1.29 is 14.8 Å². The maximum absolute atomic E-state index is 10.9. The minimum Gasteiger partial charge on any atom is -0.477 e. The van der Waals surface area contributed by atoms with Crippen LogP contribution >= 0.6 is 11.3 Å². The zero-order valence-electron chi connectivity index (χ0n) is 10.7. The summed E-state index contributed by atoms with van der Waals surface area (Å²) in [6.45, 7) is 3.79. The van der Waals surface area contributed by atoms with E-state index in [1.54, 1.807) is 0 Å². The van der Waals surface area contributed by atoms with E-state index in [0.717, 1.165) is 10.6 Å². The molecule has 1 aromatic heterocycles. The van der Waals surface area contributed by atoms with Crippen molar-refractivity contribution in [1.82, 2.24) is 4.98 Å². The number of benzene rings is 1. The Balaban J connectivity index is 2.36. The lowest BCUT2D eigenvalue weighted by Gasteiger charge is -2.04. The molecule has 0 saturated carbocycles. The van der Waals surface area contributed by atoms with Crippen LogP contribution in [0.5, 0.6) is 0 Å². The van der Waals surface area contributed by atoms with Gasteiger partial charge in [0.1, 0.15) is 5.56 Å². The van der Waals surface area contributed by atoms with Crippen LogP contribution in [-0.2, 0) is 0 Å². The zero-order valence-corrected chi connectivity index (χ0v) is 11.5. The van der Waals surface area contributed by atoms with E-state index >= 15 is 0 Å². The highest BCUT2D eigenvalue weighted by Crippen LogP contribution is 2.28. The molecule has 0 saturated heterocycles. The molecule has 1 heterocycles. The average molecular weight is 293 g/mol. The first kappa shape index (κ1) is 13.9. The third-order valence-corrected chi connectivity index (χ3v) is 3.69. The molecule has 104 valence electrons. The largest absolute Gasteiger partial charge is 0.477 e. The maximum Gasteiger partial charge on any atom is 0.342 e. The Morgan fingerprint density at radius 3 is 2.65 bits per heavy atom. The van der Waals surface area contributed by atoms with Crippen LogP contribution in [-0.4, -0.2) is 21.0 Å². The molecule has 2 aromatic rings. The normalized spacial score (nSPS) is 10.3. The summed E-state index contributed by atoms with van der Waals surface area (Å²) in [6.07, 6.45) is 0. The van der Waals surface area contributed by atoms with E-state index in [2.05, 4.69) is 10.3 Å². The van der Waals surface area contributed by atoms with Gasteiger partial charge in [0.05, 0.1) is 10.6 Å². The molecular weight excluding hydrogens is 282 g/mol. The lowest BCUT2D eigenvalue weighted by molar-refractivity contribution is -0.385. The Bertz CT molecular complexity index is 677. The first-order chi connectivity index (χ1) is 9.38. The molecule has 0 amide bonds. The van der Waals surface area contributed by atoms with E-state index in [0.29, 0.717) is 10.8 Å². The minimum atomic E-state index is -1.33. The van der Waals surface area contributed by atoms with E-state index in [1.807, 2.05) is 13.8 Å². The Morgan fingerprint density at radius 1 is 1.45 bits per heavy atom. The lowest BCUT2D eigenvalue weighted by atomic mass is 10.1. The molecule has 0 radical (unpaired) electrons. The standard InChI is InChI=1S/C12H11N3O4S/c1-6-7(2)20-12(13-6)14-8-3-4-9(11(16)17)10(5-8)15(18)19/h3-5H,1-2H3,(H,13,14)(H,16,17). The highest BCUT2D eigenvalue weighted by molar-refractivity contribution is 7.15. The van der Waals surface area contributed by atoms with Crippen LogP contribution in [0.3, 0.4) is 0 Å². The number of anilines is 2. The SMILES string of the molecule is Cc1nc(Nc2ccc(C(=O)O)c([N+](=O)[O-])c2)sc1C. The summed E-state index contributed by atoms with van der Waals surface area (Å²) in [5, 5.41) is 23.3.